The molecule has 1 unspecified atom stereocenters. The van der Waals surface area contributed by atoms with Crippen LogP contribution in [0, 0.1) is 0 Å². The second-order valence-corrected chi connectivity index (χ2v) is 6.82. The van der Waals surface area contributed by atoms with Crippen LogP contribution in [0.2, 0.25) is 10.0 Å². The molecule has 1 atom stereocenters. The van der Waals surface area contributed by atoms with Gasteiger partial charge in [-0.2, -0.15) is 0 Å². The maximum absolute atomic E-state index is 6.29. The molecular formula is C15H16Cl2N2S. The molecule has 0 aliphatic heterocycles. The van der Waals surface area contributed by atoms with E-state index in [0.717, 1.165) is 30.0 Å². The molecule has 1 N–H and O–H groups in total. The highest BCUT2D eigenvalue weighted by Gasteiger charge is 2.25. The summed E-state index contributed by atoms with van der Waals surface area (Å²) < 4.78 is 0. The predicted octanol–water partition coefficient (Wildman–Crippen LogP) is 5.10. The summed E-state index contributed by atoms with van der Waals surface area (Å²) in [6.45, 7) is 3.09. The van der Waals surface area contributed by atoms with Crippen LogP contribution in [0.5, 0.6) is 0 Å². The number of rotatable bonds is 3. The Hall–Kier alpha value is -0.610. The maximum atomic E-state index is 6.29. The first-order valence-corrected chi connectivity index (χ1v) is 8.45. The maximum Gasteiger partial charge on any atom is 0.126 e. The fourth-order valence-electron chi connectivity index (χ4n) is 2.67. The first-order chi connectivity index (χ1) is 9.70. The van der Waals surface area contributed by atoms with Gasteiger partial charge in [0, 0.05) is 10.4 Å². The third kappa shape index (κ3) is 2.60. The summed E-state index contributed by atoms with van der Waals surface area (Å²) in [6.07, 6.45) is 3.47. The third-order valence-electron chi connectivity index (χ3n) is 3.58. The molecule has 0 spiro atoms. The molecule has 0 fully saturated rings. The number of benzene rings is 1. The van der Waals surface area contributed by atoms with Crippen LogP contribution in [0.3, 0.4) is 0 Å². The summed E-state index contributed by atoms with van der Waals surface area (Å²) >= 11 is 14.3. The van der Waals surface area contributed by atoms with Gasteiger partial charge < -0.3 is 5.32 Å². The van der Waals surface area contributed by atoms with Crippen molar-refractivity contribution in [1.82, 2.24) is 10.3 Å². The average molecular weight is 327 g/mol. The Labute approximate surface area is 133 Å². The molecule has 1 heterocycles. The minimum atomic E-state index is 0.370. The lowest BCUT2D eigenvalue weighted by molar-refractivity contribution is 0.465. The summed E-state index contributed by atoms with van der Waals surface area (Å²) in [7, 11) is 0. The van der Waals surface area contributed by atoms with E-state index in [9.17, 15) is 0 Å². The van der Waals surface area contributed by atoms with Crippen molar-refractivity contribution in [1.29, 1.82) is 0 Å². The van der Waals surface area contributed by atoms with Gasteiger partial charge in [0.15, 0.2) is 0 Å². The van der Waals surface area contributed by atoms with E-state index < -0.39 is 0 Å². The van der Waals surface area contributed by atoms with Crippen molar-refractivity contribution in [3.63, 3.8) is 0 Å². The number of hydrogen-bond acceptors (Lipinski definition) is 3. The van der Waals surface area contributed by atoms with E-state index in [1.807, 2.05) is 18.2 Å². The highest BCUT2D eigenvalue weighted by molar-refractivity contribution is 7.15. The standard InChI is InChI=1S/C15H16Cl2N2S/c1-2-18-11-7-4-8-12-14(11)19-15(20-12)13-9(16)5-3-6-10(13)17/h3,5-6,11,18H,2,4,7-8H2,1H3. The number of aryl methyl sites for hydroxylation is 1. The van der Waals surface area contributed by atoms with Crippen molar-refractivity contribution in [2.45, 2.75) is 32.2 Å². The zero-order valence-electron chi connectivity index (χ0n) is 11.2. The number of fused-ring (bicyclic) bond motifs is 1. The van der Waals surface area contributed by atoms with Crippen molar-refractivity contribution in [2.75, 3.05) is 6.54 Å². The highest BCUT2D eigenvalue weighted by atomic mass is 35.5. The molecule has 0 amide bonds. The molecule has 0 bridgehead atoms. The second kappa shape index (κ2) is 6.02. The normalized spacial score (nSPS) is 18.1. The summed E-state index contributed by atoms with van der Waals surface area (Å²) in [5.74, 6) is 0. The van der Waals surface area contributed by atoms with E-state index in [4.69, 9.17) is 28.2 Å². The molecule has 0 saturated heterocycles. The lowest BCUT2D eigenvalue weighted by Crippen LogP contribution is -2.24. The number of halogens is 2. The summed E-state index contributed by atoms with van der Waals surface area (Å²) in [5, 5.41) is 5.79. The first kappa shape index (κ1) is 14.3. The van der Waals surface area contributed by atoms with Gasteiger partial charge in [-0.05, 0) is 37.9 Å². The smallest absolute Gasteiger partial charge is 0.126 e. The van der Waals surface area contributed by atoms with E-state index in [-0.39, 0.29) is 0 Å². The monoisotopic (exact) mass is 326 g/mol. The van der Waals surface area contributed by atoms with Gasteiger partial charge in [-0.1, -0.05) is 36.2 Å². The Balaban J connectivity index is 2.05. The van der Waals surface area contributed by atoms with Crippen LogP contribution >= 0.6 is 34.5 Å². The Morgan fingerprint density at radius 3 is 2.80 bits per heavy atom. The molecule has 0 saturated carbocycles. The Bertz CT molecular complexity index is 604. The second-order valence-electron chi connectivity index (χ2n) is 4.93. The molecule has 5 heteroatoms. The van der Waals surface area contributed by atoms with Crippen molar-refractivity contribution in [3.8, 4) is 10.6 Å². The van der Waals surface area contributed by atoms with Gasteiger partial charge in [-0.15, -0.1) is 11.3 Å². The number of hydrogen-bond donors (Lipinski definition) is 1. The van der Waals surface area contributed by atoms with Crippen LogP contribution in [0.15, 0.2) is 18.2 Å². The molecular weight excluding hydrogens is 311 g/mol. The number of nitrogens with zero attached hydrogens (tertiary/aromatic N) is 1. The molecule has 1 aliphatic carbocycles. The molecule has 2 aromatic rings. The molecule has 0 radical (unpaired) electrons. The lowest BCUT2D eigenvalue weighted by atomic mass is 9.97. The quantitative estimate of drug-likeness (QED) is 0.848. The van der Waals surface area contributed by atoms with Crippen LogP contribution in [-0.4, -0.2) is 11.5 Å². The van der Waals surface area contributed by atoms with Crippen LogP contribution in [0.25, 0.3) is 10.6 Å². The fraction of sp³-hybridized carbons (Fsp3) is 0.400. The SMILES string of the molecule is CCNC1CCCc2sc(-c3c(Cl)cccc3Cl)nc21. The fourth-order valence-corrected chi connectivity index (χ4v) is 4.60. The highest BCUT2D eigenvalue weighted by Crippen LogP contribution is 2.41. The van der Waals surface area contributed by atoms with Crippen molar-refractivity contribution in [3.05, 3.63) is 38.8 Å². The first-order valence-electron chi connectivity index (χ1n) is 6.88. The van der Waals surface area contributed by atoms with Crippen LogP contribution in [0.4, 0.5) is 0 Å². The van der Waals surface area contributed by atoms with E-state index in [0.29, 0.717) is 16.1 Å². The largest absolute Gasteiger partial charge is 0.309 e. The number of nitrogens with one attached hydrogen (secondary N) is 1. The Morgan fingerprint density at radius 1 is 1.35 bits per heavy atom. The van der Waals surface area contributed by atoms with E-state index in [1.165, 1.54) is 17.0 Å². The minimum absolute atomic E-state index is 0.370. The van der Waals surface area contributed by atoms with E-state index in [1.54, 1.807) is 11.3 Å². The van der Waals surface area contributed by atoms with Gasteiger partial charge in [-0.3, -0.25) is 0 Å². The molecule has 106 valence electrons. The summed E-state index contributed by atoms with van der Waals surface area (Å²) in [6, 6.07) is 5.97. The van der Waals surface area contributed by atoms with E-state index in [2.05, 4.69) is 12.2 Å². The zero-order valence-corrected chi connectivity index (χ0v) is 13.6. The van der Waals surface area contributed by atoms with Gasteiger partial charge >= 0.3 is 0 Å². The van der Waals surface area contributed by atoms with E-state index >= 15 is 0 Å². The Morgan fingerprint density at radius 2 is 2.10 bits per heavy atom. The van der Waals surface area contributed by atoms with Gasteiger partial charge in [0.1, 0.15) is 5.01 Å². The average Bonchev–Trinajstić information content (AvgIpc) is 2.83. The zero-order chi connectivity index (χ0) is 14.1. The molecule has 20 heavy (non-hydrogen) atoms. The van der Waals surface area contributed by atoms with Crippen LogP contribution < -0.4 is 5.32 Å². The number of aromatic nitrogens is 1. The topological polar surface area (TPSA) is 24.9 Å². The Kier molecular flexibility index (Phi) is 4.32. The van der Waals surface area contributed by atoms with Gasteiger partial charge in [0.25, 0.3) is 0 Å². The van der Waals surface area contributed by atoms with Crippen molar-refractivity contribution >= 4 is 34.5 Å². The predicted molar refractivity (Wildman–Crippen MR) is 86.9 cm³/mol. The number of thiazole rings is 1. The molecule has 1 aromatic carbocycles. The summed E-state index contributed by atoms with van der Waals surface area (Å²) in [5.41, 5.74) is 2.06. The van der Waals surface area contributed by atoms with Crippen LogP contribution in [0.1, 0.15) is 36.4 Å². The third-order valence-corrected chi connectivity index (χ3v) is 5.36. The minimum Gasteiger partial charge on any atom is -0.309 e. The molecule has 3 rings (SSSR count). The molecule has 2 nitrogen and oxygen atoms in total. The van der Waals surface area contributed by atoms with Gasteiger partial charge in [-0.25, -0.2) is 4.98 Å². The molecule has 1 aliphatic rings. The van der Waals surface area contributed by atoms with Gasteiger partial charge in [0.05, 0.1) is 21.8 Å². The lowest BCUT2D eigenvalue weighted by Gasteiger charge is -2.21. The van der Waals surface area contributed by atoms with Crippen LogP contribution in [-0.2, 0) is 6.42 Å². The van der Waals surface area contributed by atoms with Crippen molar-refractivity contribution in [2.24, 2.45) is 0 Å². The molecule has 1 aromatic heterocycles. The van der Waals surface area contributed by atoms with Crippen molar-refractivity contribution < 1.29 is 0 Å². The van der Waals surface area contributed by atoms with Gasteiger partial charge in [0.2, 0.25) is 0 Å². The summed E-state index contributed by atoms with van der Waals surface area (Å²) in [4.78, 5) is 6.20.